The van der Waals surface area contributed by atoms with Crippen LogP contribution in [0.1, 0.15) is 18.5 Å². The molecule has 176 valence electrons. The van der Waals surface area contributed by atoms with E-state index in [4.69, 9.17) is 9.97 Å². The molecule has 1 atom stereocenters. The molecule has 0 unspecified atom stereocenters. The Morgan fingerprint density at radius 3 is 2.44 bits per heavy atom. The van der Waals surface area contributed by atoms with Crippen molar-refractivity contribution in [1.82, 2.24) is 34.3 Å². The summed E-state index contributed by atoms with van der Waals surface area (Å²) in [5.74, 6) is 1.35. The highest BCUT2D eigenvalue weighted by molar-refractivity contribution is 5.93. The summed E-state index contributed by atoms with van der Waals surface area (Å²) in [6.07, 6.45) is 7.13. The molecule has 0 bridgehead atoms. The highest BCUT2D eigenvalue weighted by Crippen LogP contribution is 2.31. The number of piperazine rings is 1. The van der Waals surface area contributed by atoms with Gasteiger partial charge in [-0.1, -0.05) is 12.1 Å². The van der Waals surface area contributed by atoms with Crippen LogP contribution in [0.25, 0.3) is 22.3 Å². The van der Waals surface area contributed by atoms with Gasteiger partial charge >= 0.3 is 0 Å². The summed E-state index contributed by atoms with van der Waals surface area (Å²) in [5.41, 5.74) is 5.68. The number of nitrogens with zero attached hydrogens (tertiary/aromatic N) is 7. The lowest BCUT2D eigenvalue weighted by Gasteiger charge is -2.36. The van der Waals surface area contributed by atoms with Crippen LogP contribution in [0.15, 0.2) is 49.2 Å². The van der Waals surface area contributed by atoms with E-state index in [1.54, 1.807) is 18.7 Å². The Labute approximate surface area is 199 Å². The van der Waals surface area contributed by atoms with Crippen LogP contribution >= 0.6 is 0 Å². The van der Waals surface area contributed by atoms with Gasteiger partial charge in [-0.3, -0.25) is 9.88 Å². The summed E-state index contributed by atoms with van der Waals surface area (Å²) in [5, 5.41) is 6.55. The zero-order valence-electron chi connectivity index (χ0n) is 20.2. The summed E-state index contributed by atoms with van der Waals surface area (Å²) in [6, 6.07) is 9.00. The Hall–Kier alpha value is -3.56. The van der Waals surface area contributed by atoms with Gasteiger partial charge in [-0.15, -0.1) is 0 Å². The monoisotopic (exact) mass is 457 g/mol. The molecule has 1 aliphatic heterocycles. The molecule has 5 rings (SSSR count). The molecule has 0 saturated carbocycles. The van der Waals surface area contributed by atoms with Crippen LogP contribution in [0.4, 0.5) is 17.3 Å². The third kappa shape index (κ3) is 4.32. The van der Waals surface area contributed by atoms with Gasteiger partial charge in [-0.05, 0) is 31.7 Å². The molecule has 4 heterocycles. The average Bonchev–Trinajstić information content (AvgIpc) is 3.25. The van der Waals surface area contributed by atoms with Crippen LogP contribution in [-0.4, -0.2) is 74.6 Å². The van der Waals surface area contributed by atoms with Gasteiger partial charge in [0.25, 0.3) is 0 Å². The van der Waals surface area contributed by atoms with Gasteiger partial charge in [0.2, 0.25) is 0 Å². The maximum absolute atomic E-state index is 4.75. The Morgan fingerprint density at radius 1 is 0.941 bits per heavy atom. The molecule has 4 aromatic rings. The second kappa shape index (κ2) is 9.36. The minimum Gasteiger partial charge on any atom is -0.371 e. The first-order chi connectivity index (χ1) is 16.5. The molecule has 1 aliphatic rings. The Balaban J connectivity index is 1.34. The molecular formula is C25H31N9. The highest BCUT2D eigenvalue weighted by atomic mass is 15.3. The summed E-state index contributed by atoms with van der Waals surface area (Å²) < 4.78 is 1.95. The van der Waals surface area contributed by atoms with Crippen molar-refractivity contribution in [2.45, 2.75) is 13.0 Å². The topological polar surface area (TPSA) is 87.0 Å². The molecule has 34 heavy (non-hydrogen) atoms. The lowest BCUT2D eigenvalue weighted by Crippen LogP contribution is -2.45. The van der Waals surface area contributed by atoms with E-state index in [-0.39, 0.29) is 0 Å². The number of likely N-dealkylation sites (N-methyl/N-ethyl adjacent to an activating group) is 1. The number of imidazole rings is 1. The first kappa shape index (κ1) is 22.2. The molecule has 0 amide bonds. The largest absolute Gasteiger partial charge is 0.371 e. The van der Waals surface area contributed by atoms with Crippen molar-refractivity contribution in [1.29, 1.82) is 0 Å². The summed E-state index contributed by atoms with van der Waals surface area (Å²) in [6.45, 7) is 6.74. The van der Waals surface area contributed by atoms with Gasteiger partial charge in [0, 0.05) is 58.2 Å². The number of rotatable bonds is 6. The number of aryl methyl sites for hydroxylation is 1. The number of pyridine rings is 1. The van der Waals surface area contributed by atoms with Gasteiger partial charge in [-0.2, -0.15) is 0 Å². The second-order valence-electron chi connectivity index (χ2n) is 8.87. The van der Waals surface area contributed by atoms with Crippen LogP contribution < -0.4 is 10.6 Å². The van der Waals surface area contributed by atoms with Crippen molar-refractivity contribution < 1.29 is 0 Å². The number of anilines is 3. The zero-order valence-corrected chi connectivity index (χ0v) is 20.2. The fraction of sp³-hybridized carbons (Fsp3) is 0.360. The van der Waals surface area contributed by atoms with E-state index < -0.39 is 0 Å². The summed E-state index contributed by atoms with van der Waals surface area (Å²) in [7, 11) is 5.99. The number of nitrogens with one attached hydrogen (secondary N) is 2. The molecule has 9 heteroatoms. The molecular weight excluding hydrogens is 426 g/mol. The van der Waals surface area contributed by atoms with Crippen LogP contribution in [0.5, 0.6) is 0 Å². The van der Waals surface area contributed by atoms with Crippen molar-refractivity contribution in [3.05, 3.63) is 54.7 Å². The van der Waals surface area contributed by atoms with Crippen LogP contribution in [0.3, 0.4) is 0 Å². The van der Waals surface area contributed by atoms with E-state index >= 15 is 0 Å². The number of benzene rings is 1. The minimum atomic E-state index is 0.403. The predicted octanol–water partition coefficient (Wildman–Crippen LogP) is 3.52. The normalized spacial score (nSPS) is 16.0. The van der Waals surface area contributed by atoms with Gasteiger partial charge in [-0.25, -0.2) is 15.0 Å². The SMILES string of the molecule is CNc1nc(Nc2ccc([C@H](C)N3CCN(C)CC3)cc2)cnc1-c1cncc2c1ncn2C. The van der Waals surface area contributed by atoms with Crippen LogP contribution in [0, 0.1) is 0 Å². The van der Waals surface area contributed by atoms with E-state index in [2.05, 4.69) is 68.6 Å². The Kier molecular flexibility index (Phi) is 6.12. The predicted molar refractivity (Wildman–Crippen MR) is 136 cm³/mol. The maximum Gasteiger partial charge on any atom is 0.154 e. The van der Waals surface area contributed by atoms with Gasteiger partial charge in [0.15, 0.2) is 11.6 Å². The molecule has 9 nitrogen and oxygen atoms in total. The number of fused-ring (bicyclic) bond motifs is 1. The van der Waals surface area contributed by atoms with Crippen molar-refractivity contribution in [2.24, 2.45) is 7.05 Å². The van der Waals surface area contributed by atoms with E-state index in [0.717, 1.165) is 54.2 Å². The van der Waals surface area contributed by atoms with E-state index in [1.165, 1.54) is 5.56 Å². The standard InChI is InChI=1S/C25H31N9/c1-17(34-11-9-32(3)10-12-34)18-5-7-19(8-6-18)30-22-15-28-24(25(26-2)31-22)20-13-27-14-21-23(20)29-16-33(21)4/h5-8,13-17H,9-12H2,1-4H3,(H2,26,30,31)/t17-/m0/s1. The molecule has 3 aromatic heterocycles. The van der Waals surface area contributed by atoms with Crippen molar-refractivity contribution in [2.75, 3.05) is 50.9 Å². The summed E-state index contributed by atoms with van der Waals surface area (Å²) >= 11 is 0. The molecule has 0 radical (unpaired) electrons. The first-order valence-electron chi connectivity index (χ1n) is 11.6. The first-order valence-corrected chi connectivity index (χ1v) is 11.6. The van der Waals surface area contributed by atoms with E-state index in [1.807, 2.05) is 24.9 Å². The number of hydrogen-bond acceptors (Lipinski definition) is 8. The highest BCUT2D eigenvalue weighted by Gasteiger charge is 2.20. The molecule has 1 fully saturated rings. The number of hydrogen-bond donors (Lipinski definition) is 2. The fourth-order valence-corrected chi connectivity index (χ4v) is 4.45. The average molecular weight is 458 g/mol. The van der Waals surface area contributed by atoms with Gasteiger partial charge < -0.3 is 20.1 Å². The maximum atomic E-state index is 4.75. The van der Waals surface area contributed by atoms with Gasteiger partial charge in [0.05, 0.1) is 29.8 Å². The summed E-state index contributed by atoms with van der Waals surface area (Å²) in [4.78, 5) is 23.3. The quantitative estimate of drug-likeness (QED) is 0.455. The van der Waals surface area contributed by atoms with E-state index in [0.29, 0.717) is 17.7 Å². The van der Waals surface area contributed by atoms with Crippen molar-refractivity contribution >= 4 is 28.4 Å². The molecule has 1 aromatic carbocycles. The fourth-order valence-electron chi connectivity index (χ4n) is 4.45. The molecule has 2 N–H and O–H groups in total. The van der Waals surface area contributed by atoms with Crippen LogP contribution in [-0.2, 0) is 7.05 Å². The minimum absolute atomic E-state index is 0.403. The lowest BCUT2D eigenvalue weighted by molar-refractivity contribution is 0.119. The second-order valence-corrected chi connectivity index (χ2v) is 8.87. The van der Waals surface area contributed by atoms with Crippen molar-refractivity contribution in [3.8, 4) is 11.3 Å². The zero-order chi connectivity index (χ0) is 23.7. The molecule has 0 spiro atoms. The third-order valence-electron chi connectivity index (χ3n) is 6.65. The van der Waals surface area contributed by atoms with Crippen molar-refractivity contribution in [3.63, 3.8) is 0 Å². The molecule has 1 saturated heterocycles. The molecule has 0 aliphatic carbocycles. The third-order valence-corrected chi connectivity index (χ3v) is 6.65. The van der Waals surface area contributed by atoms with E-state index in [9.17, 15) is 0 Å². The Bertz CT molecular complexity index is 1270. The smallest absolute Gasteiger partial charge is 0.154 e. The van der Waals surface area contributed by atoms with Crippen LogP contribution in [0.2, 0.25) is 0 Å². The Morgan fingerprint density at radius 2 is 1.71 bits per heavy atom. The van der Waals surface area contributed by atoms with Gasteiger partial charge in [0.1, 0.15) is 11.2 Å². The number of aromatic nitrogens is 5. The lowest BCUT2D eigenvalue weighted by atomic mass is 10.1.